The molecule has 0 heterocycles. The van der Waals surface area contributed by atoms with Gasteiger partial charge in [-0.1, -0.05) is 12.1 Å². The van der Waals surface area contributed by atoms with Crippen molar-refractivity contribution in [2.24, 2.45) is 0 Å². The molecular formula is C15H14NO5S-. The van der Waals surface area contributed by atoms with Crippen molar-refractivity contribution >= 4 is 21.7 Å². The second-order valence-corrected chi connectivity index (χ2v) is 6.25. The van der Waals surface area contributed by atoms with E-state index < -0.39 is 16.0 Å². The number of ether oxygens (including phenoxy) is 1. The number of hydrogen-bond acceptors (Lipinski definition) is 5. The van der Waals surface area contributed by atoms with E-state index >= 15 is 0 Å². The minimum atomic E-state index is -3.90. The number of sulfonamides is 1. The van der Waals surface area contributed by atoms with Crippen LogP contribution in [0.3, 0.4) is 0 Å². The van der Waals surface area contributed by atoms with Crippen LogP contribution in [0, 0.1) is 6.92 Å². The van der Waals surface area contributed by atoms with Gasteiger partial charge in [0, 0.05) is 5.69 Å². The summed E-state index contributed by atoms with van der Waals surface area (Å²) in [4.78, 5) is 10.8. The smallest absolute Gasteiger partial charge is 0.262 e. The maximum absolute atomic E-state index is 12.4. The van der Waals surface area contributed by atoms with Gasteiger partial charge in [0.2, 0.25) is 0 Å². The number of benzene rings is 2. The number of aromatic carboxylic acids is 1. The molecule has 0 radical (unpaired) electrons. The number of methoxy groups -OCH3 is 1. The highest BCUT2D eigenvalue weighted by Crippen LogP contribution is 2.22. The van der Waals surface area contributed by atoms with Gasteiger partial charge in [-0.25, -0.2) is 8.42 Å². The van der Waals surface area contributed by atoms with Crippen LogP contribution in [0.25, 0.3) is 0 Å². The lowest BCUT2D eigenvalue weighted by Gasteiger charge is -2.12. The minimum absolute atomic E-state index is 0.106. The van der Waals surface area contributed by atoms with Crippen LogP contribution in [-0.4, -0.2) is 21.5 Å². The molecule has 0 bridgehead atoms. The third kappa shape index (κ3) is 3.37. The highest BCUT2D eigenvalue weighted by molar-refractivity contribution is 7.92. The first kappa shape index (κ1) is 15.8. The summed E-state index contributed by atoms with van der Waals surface area (Å²) in [6.45, 7) is 1.58. The molecule has 0 unspecified atom stereocenters. The molecule has 0 amide bonds. The molecule has 7 heteroatoms. The number of carboxylic acids is 1. The summed E-state index contributed by atoms with van der Waals surface area (Å²) in [6, 6.07) is 10.1. The number of carbonyl (C=O) groups excluding carboxylic acids is 1. The van der Waals surface area contributed by atoms with E-state index in [1.165, 1.54) is 19.2 Å². The summed E-state index contributed by atoms with van der Waals surface area (Å²) in [6.07, 6.45) is 0. The molecule has 0 aliphatic rings. The SMILES string of the molecule is COc1ccc(NS(=O)(=O)c2cc(C(=O)[O-])ccc2C)cc1. The Hall–Kier alpha value is -2.54. The summed E-state index contributed by atoms with van der Waals surface area (Å²) in [5.41, 5.74) is 0.589. The van der Waals surface area contributed by atoms with E-state index in [0.717, 1.165) is 6.07 Å². The Balaban J connectivity index is 2.37. The first-order chi connectivity index (χ1) is 10.3. The number of anilines is 1. The van der Waals surface area contributed by atoms with Gasteiger partial charge in [0.1, 0.15) is 5.75 Å². The molecule has 2 aromatic carbocycles. The minimum Gasteiger partial charge on any atom is -0.545 e. The molecule has 6 nitrogen and oxygen atoms in total. The molecule has 0 fully saturated rings. The predicted octanol–water partition coefficient (Wildman–Crippen LogP) is 1.17. The number of carboxylic acid groups (broad SMARTS) is 1. The van der Waals surface area contributed by atoms with Gasteiger partial charge in [-0.3, -0.25) is 4.72 Å². The highest BCUT2D eigenvalue weighted by Gasteiger charge is 2.18. The molecule has 22 heavy (non-hydrogen) atoms. The third-order valence-corrected chi connectivity index (χ3v) is 4.58. The summed E-state index contributed by atoms with van der Waals surface area (Å²) in [7, 11) is -2.39. The largest absolute Gasteiger partial charge is 0.545 e. The van der Waals surface area contributed by atoms with Crippen LogP contribution in [0.1, 0.15) is 15.9 Å². The third-order valence-electron chi connectivity index (χ3n) is 3.06. The lowest BCUT2D eigenvalue weighted by atomic mass is 10.1. The Morgan fingerprint density at radius 1 is 1.14 bits per heavy atom. The maximum Gasteiger partial charge on any atom is 0.262 e. The van der Waals surface area contributed by atoms with Crippen molar-refractivity contribution in [1.82, 2.24) is 0 Å². The summed E-state index contributed by atoms with van der Waals surface area (Å²) in [5.74, 6) is -0.834. The topological polar surface area (TPSA) is 95.5 Å². The zero-order valence-electron chi connectivity index (χ0n) is 12.0. The van der Waals surface area contributed by atoms with Crippen LogP contribution in [0.5, 0.6) is 5.75 Å². The number of hydrogen-bond donors (Lipinski definition) is 1. The average Bonchev–Trinajstić information content (AvgIpc) is 2.47. The van der Waals surface area contributed by atoms with Gasteiger partial charge in [0.15, 0.2) is 0 Å². The Bertz CT molecular complexity index is 797. The van der Waals surface area contributed by atoms with Crippen molar-refractivity contribution in [2.75, 3.05) is 11.8 Å². The van der Waals surface area contributed by atoms with Crippen molar-refractivity contribution in [3.63, 3.8) is 0 Å². The molecule has 0 saturated carbocycles. The Labute approximate surface area is 128 Å². The second-order valence-electron chi connectivity index (χ2n) is 4.60. The van der Waals surface area contributed by atoms with E-state index in [1.807, 2.05) is 0 Å². The fourth-order valence-corrected chi connectivity index (χ4v) is 3.22. The predicted molar refractivity (Wildman–Crippen MR) is 79.3 cm³/mol. The fraction of sp³-hybridized carbons (Fsp3) is 0.133. The van der Waals surface area contributed by atoms with Crippen LogP contribution in [-0.2, 0) is 10.0 Å². The normalized spacial score (nSPS) is 11.0. The van der Waals surface area contributed by atoms with Gasteiger partial charge in [0.05, 0.1) is 18.0 Å². The molecule has 0 aromatic heterocycles. The molecule has 2 aromatic rings. The molecule has 0 saturated heterocycles. The molecular weight excluding hydrogens is 306 g/mol. The van der Waals surface area contributed by atoms with Gasteiger partial charge >= 0.3 is 0 Å². The quantitative estimate of drug-likeness (QED) is 0.892. The first-order valence-corrected chi connectivity index (χ1v) is 7.80. The fourth-order valence-electron chi connectivity index (χ4n) is 1.89. The molecule has 0 aliphatic heterocycles. The lowest BCUT2D eigenvalue weighted by molar-refractivity contribution is -0.255. The Kier molecular flexibility index (Phi) is 4.37. The van der Waals surface area contributed by atoms with Gasteiger partial charge in [-0.2, -0.15) is 0 Å². The van der Waals surface area contributed by atoms with Crippen molar-refractivity contribution in [1.29, 1.82) is 0 Å². The van der Waals surface area contributed by atoms with E-state index in [4.69, 9.17) is 4.74 Å². The zero-order valence-corrected chi connectivity index (χ0v) is 12.8. The standard InChI is InChI=1S/C15H15NO5S/c1-10-3-4-11(15(17)18)9-14(10)22(19,20)16-12-5-7-13(21-2)8-6-12/h3-9,16H,1-2H3,(H,17,18)/p-1. The van der Waals surface area contributed by atoms with E-state index in [-0.39, 0.29) is 10.5 Å². The number of carbonyl (C=O) groups is 1. The van der Waals surface area contributed by atoms with E-state index in [1.54, 1.807) is 31.2 Å². The maximum atomic E-state index is 12.4. The van der Waals surface area contributed by atoms with Crippen LogP contribution < -0.4 is 14.6 Å². The van der Waals surface area contributed by atoms with Crippen LogP contribution in [0.15, 0.2) is 47.4 Å². The molecule has 2 rings (SSSR count). The van der Waals surface area contributed by atoms with Crippen LogP contribution in [0.2, 0.25) is 0 Å². The summed E-state index contributed by atoms with van der Waals surface area (Å²) < 4.78 is 32.2. The van der Waals surface area contributed by atoms with Crippen molar-refractivity contribution in [3.8, 4) is 5.75 Å². The number of rotatable bonds is 5. The monoisotopic (exact) mass is 320 g/mol. The van der Waals surface area contributed by atoms with Crippen LogP contribution >= 0.6 is 0 Å². The Morgan fingerprint density at radius 3 is 2.32 bits per heavy atom. The molecule has 0 atom stereocenters. The van der Waals surface area contributed by atoms with Gasteiger partial charge < -0.3 is 14.6 Å². The summed E-state index contributed by atoms with van der Waals surface area (Å²) >= 11 is 0. The van der Waals surface area contributed by atoms with Gasteiger partial charge in [-0.05, 0) is 48.4 Å². The van der Waals surface area contributed by atoms with E-state index in [0.29, 0.717) is 17.0 Å². The second kappa shape index (κ2) is 6.07. The molecule has 116 valence electrons. The highest BCUT2D eigenvalue weighted by atomic mass is 32.2. The lowest BCUT2D eigenvalue weighted by Crippen LogP contribution is -2.23. The molecule has 0 spiro atoms. The number of nitrogens with one attached hydrogen (secondary N) is 1. The molecule has 0 aliphatic carbocycles. The first-order valence-electron chi connectivity index (χ1n) is 6.32. The Morgan fingerprint density at radius 2 is 1.77 bits per heavy atom. The van der Waals surface area contributed by atoms with Crippen molar-refractivity contribution in [3.05, 3.63) is 53.6 Å². The average molecular weight is 320 g/mol. The zero-order chi connectivity index (χ0) is 16.3. The van der Waals surface area contributed by atoms with Gasteiger partial charge in [-0.15, -0.1) is 0 Å². The van der Waals surface area contributed by atoms with Gasteiger partial charge in [0.25, 0.3) is 10.0 Å². The van der Waals surface area contributed by atoms with E-state index in [9.17, 15) is 18.3 Å². The van der Waals surface area contributed by atoms with Crippen molar-refractivity contribution < 1.29 is 23.1 Å². The van der Waals surface area contributed by atoms with E-state index in [2.05, 4.69) is 4.72 Å². The number of aryl methyl sites for hydroxylation is 1. The van der Waals surface area contributed by atoms with Crippen LogP contribution in [0.4, 0.5) is 5.69 Å². The molecule has 1 N–H and O–H groups in total. The summed E-state index contributed by atoms with van der Waals surface area (Å²) in [5, 5.41) is 10.9. The van der Waals surface area contributed by atoms with Crippen molar-refractivity contribution in [2.45, 2.75) is 11.8 Å².